The molecular weight excluding hydrogens is 486 g/mol. The van der Waals surface area contributed by atoms with Crippen molar-refractivity contribution in [1.82, 2.24) is 4.90 Å². The number of aliphatic hydroxyl groups is 1. The van der Waals surface area contributed by atoms with Gasteiger partial charge in [-0.3, -0.25) is 0 Å². The molecule has 34 heavy (non-hydrogen) atoms. The number of ether oxygens (including phenoxy) is 1. The van der Waals surface area contributed by atoms with Crippen molar-refractivity contribution in [2.24, 2.45) is 5.92 Å². The van der Waals surface area contributed by atoms with Crippen LogP contribution >= 0.6 is 15.9 Å². The van der Waals surface area contributed by atoms with E-state index in [1.807, 2.05) is 0 Å². The van der Waals surface area contributed by atoms with Crippen LogP contribution in [-0.4, -0.2) is 42.9 Å². The fourth-order valence-electron chi connectivity index (χ4n) is 5.14. The summed E-state index contributed by atoms with van der Waals surface area (Å²) >= 11 is 3.61. The number of halogens is 1. The molecule has 0 spiro atoms. The van der Waals surface area contributed by atoms with Crippen molar-refractivity contribution in [2.45, 2.75) is 44.6 Å². The quantitative estimate of drug-likeness (QED) is 0.338. The number of benzene rings is 2. The van der Waals surface area contributed by atoms with E-state index in [0.717, 1.165) is 42.5 Å². The minimum Gasteiger partial charge on any atom is -0.494 e. The van der Waals surface area contributed by atoms with Crippen LogP contribution in [0.3, 0.4) is 0 Å². The van der Waals surface area contributed by atoms with E-state index >= 15 is 0 Å². The third kappa shape index (κ3) is 6.50. The lowest BCUT2D eigenvalue weighted by Gasteiger charge is -2.24. The van der Waals surface area contributed by atoms with E-state index in [1.54, 1.807) is 0 Å². The van der Waals surface area contributed by atoms with Crippen LogP contribution in [0, 0.1) is 5.92 Å². The van der Waals surface area contributed by atoms with Gasteiger partial charge in [-0.05, 0) is 86.5 Å². The van der Waals surface area contributed by atoms with Gasteiger partial charge in [0, 0.05) is 23.0 Å². The first kappa shape index (κ1) is 25.0. The predicted octanol–water partition coefficient (Wildman–Crippen LogP) is 7.09. The van der Waals surface area contributed by atoms with Gasteiger partial charge in [0.2, 0.25) is 0 Å². The van der Waals surface area contributed by atoms with Gasteiger partial charge in [0.15, 0.2) is 0 Å². The molecule has 4 heteroatoms. The second-order valence-electron chi connectivity index (χ2n) is 9.31. The summed E-state index contributed by atoms with van der Waals surface area (Å²) in [6, 6.07) is 19.9. The summed E-state index contributed by atoms with van der Waals surface area (Å²) < 4.78 is 7.25. The molecule has 0 radical (unpaired) electrons. The van der Waals surface area contributed by atoms with E-state index < -0.39 is 0 Å². The van der Waals surface area contributed by atoms with Gasteiger partial charge in [0.25, 0.3) is 0 Å². The van der Waals surface area contributed by atoms with Crippen molar-refractivity contribution >= 4 is 27.1 Å². The molecule has 1 N–H and O–H groups in total. The number of rotatable bonds is 10. The minimum atomic E-state index is 0.193. The monoisotopic (exact) mass is 521 g/mol. The molecule has 1 saturated heterocycles. The summed E-state index contributed by atoms with van der Waals surface area (Å²) in [6.07, 6.45) is 12.9. The molecule has 2 aromatic carbocycles. The topological polar surface area (TPSA) is 32.7 Å². The highest BCUT2D eigenvalue weighted by atomic mass is 79.9. The summed E-state index contributed by atoms with van der Waals surface area (Å²) in [4.78, 5) is 2.45. The Morgan fingerprint density at radius 3 is 2.53 bits per heavy atom. The molecule has 1 fully saturated rings. The fourth-order valence-corrected chi connectivity index (χ4v) is 5.48. The van der Waals surface area contributed by atoms with Crippen LogP contribution in [0.15, 0.2) is 77.3 Å². The van der Waals surface area contributed by atoms with E-state index in [0.29, 0.717) is 12.0 Å². The van der Waals surface area contributed by atoms with E-state index in [4.69, 9.17) is 4.74 Å². The van der Waals surface area contributed by atoms with E-state index in [9.17, 15) is 5.11 Å². The van der Waals surface area contributed by atoms with Gasteiger partial charge in [0.1, 0.15) is 5.75 Å². The Hall–Kier alpha value is -2.14. The lowest BCUT2D eigenvalue weighted by atomic mass is 9.81. The van der Waals surface area contributed by atoms with Crippen LogP contribution in [-0.2, 0) is 0 Å². The van der Waals surface area contributed by atoms with Crippen molar-refractivity contribution in [3.63, 3.8) is 0 Å². The molecule has 2 unspecified atom stereocenters. The van der Waals surface area contributed by atoms with Crippen LogP contribution in [0.1, 0.15) is 49.7 Å². The first-order chi connectivity index (χ1) is 16.7. The Morgan fingerprint density at radius 2 is 1.88 bits per heavy atom. The average Bonchev–Trinajstić information content (AvgIpc) is 3.28. The molecule has 0 aromatic heterocycles. The van der Waals surface area contributed by atoms with Crippen LogP contribution in [0.5, 0.6) is 5.75 Å². The van der Waals surface area contributed by atoms with Gasteiger partial charge in [-0.15, -0.1) is 0 Å². The normalized spacial score (nSPS) is 21.3. The molecule has 3 nitrogen and oxygen atoms in total. The number of allylic oxidation sites excluding steroid dienone is 6. The molecule has 4 rings (SSSR count). The molecule has 0 saturated carbocycles. The van der Waals surface area contributed by atoms with Crippen molar-refractivity contribution in [2.75, 3.05) is 26.8 Å². The smallest absolute Gasteiger partial charge is 0.119 e. The number of aliphatic hydroxyl groups excluding tert-OH is 1. The second-order valence-corrected chi connectivity index (χ2v) is 10.2. The number of likely N-dealkylation sites (tertiary alicyclic amines) is 1. The molecule has 0 amide bonds. The SMILES string of the molecule is CN1CCCC1CCOc1ccc(/C(=C(/CCCO)c2ccccc2)C2C=CC(Br)=CC2)cc1. The van der Waals surface area contributed by atoms with Crippen molar-refractivity contribution < 1.29 is 9.84 Å². The van der Waals surface area contributed by atoms with E-state index in [2.05, 4.69) is 101 Å². The molecule has 2 atom stereocenters. The summed E-state index contributed by atoms with van der Waals surface area (Å²) in [5.74, 6) is 1.22. The summed E-state index contributed by atoms with van der Waals surface area (Å²) in [6.45, 7) is 2.15. The lowest BCUT2D eigenvalue weighted by Crippen LogP contribution is -2.26. The molecule has 0 bridgehead atoms. The maximum absolute atomic E-state index is 9.60. The van der Waals surface area contributed by atoms with Crippen LogP contribution in [0.2, 0.25) is 0 Å². The van der Waals surface area contributed by atoms with Crippen LogP contribution < -0.4 is 4.74 Å². The zero-order chi connectivity index (χ0) is 23.8. The first-order valence-electron chi connectivity index (χ1n) is 12.5. The largest absolute Gasteiger partial charge is 0.494 e. The Bertz CT molecular complexity index is 1010. The number of hydrogen-bond donors (Lipinski definition) is 1. The van der Waals surface area contributed by atoms with Gasteiger partial charge < -0.3 is 14.7 Å². The molecule has 1 heterocycles. The highest BCUT2D eigenvalue weighted by Crippen LogP contribution is 2.40. The van der Waals surface area contributed by atoms with Gasteiger partial charge in [-0.2, -0.15) is 0 Å². The number of hydrogen-bond acceptors (Lipinski definition) is 3. The third-order valence-corrected chi connectivity index (χ3v) is 7.60. The van der Waals surface area contributed by atoms with E-state index in [-0.39, 0.29) is 6.61 Å². The van der Waals surface area contributed by atoms with Crippen molar-refractivity contribution in [3.8, 4) is 5.75 Å². The number of nitrogens with zero attached hydrogens (tertiary/aromatic N) is 1. The fraction of sp³-hybridized carbons (Fsp3) is 0.400. The summed E-state index contributed by atoms with van der Waals surface area (Å²) in [5.41, 5.74) is 5.11. The average molecular weight is 523 g/mol. The van der Waals surface area contributed by atoms with Gasteiger partial charge in [-0.25, -0.2) is 0 Å². The first-order valence-corrected chi connectivity index (χ1v) is 13.3. The Labute approximate surface area is 213 Å². The lowest BCUT2D eigenvalue weighted by molar-refractivity contribution is 0.233. The van der Waals surface area contributed by atoms with Gasteiger partial charge >= 0.3 is 0 Å². The van der Waals surface area contributed by atoms with Crippen LogP contribution in [0.4, 0.5) is 0 Å². The highest BCUT2D eigenvalue weighted by molar-refractivity contribution is 9.11. The Balaban J connectivity index is 1.59. The maximum Gasteiger partial charge on any atom is 0.119 e. The maximum atomic E-state index is 9.60. The second kappa shape index (κ2) is 12.5. The van der Waals surface area contributed by atoms with Crippen molar-refractivity contribution in [3.05, 3.63) is 88.4 Å². The third-order valence-electron chi connectivity index (χ3n) is 7.01. The molecule has 180 valence electrons. The predicted molar refractivity (Wildman–Crippen MR) is 146 cm³/mol. The molecular formula is C30H36BrNO2. The van der Waals surface area contributed by atoms with E-state index in [1.165, 1.54) is 41.7 Å². The molecule has 2 aromatic rings. The highest BCUT2D eigenvalue weighted by Gasteiger charge is 2.22. The summed E-state index contributed by atoms with van der Waals surface area (Å²) in [7, 11) is 2.22. The van der Waals surface area contributed by atoms with Gasteiger partial charge in [-0.1, -0.05) is 76.6 Å². The molecule has 1 aliphatic carbocycles. The Morgan fingerprint density at radius 1 is 1.09 bits per heavy atom. The minimum absolute atomic E-state index is 0.193. The van der Waals surface area contributed by atoms with Crippen molar-refractivity contribution in [1.29, 1.82) is 0 Å². The molecule has 1 aliphatic heterocycles. The van der Waals surface area contributed by atoms with Gasteiger partial charge in [0.05, 0.1) is 6.61 Å². The van der Waals surface area contributed by atoms with Crippen LogP contribution in [0.25, 0.3) is 11.1 Å². The molecule has 2 aliphatic rings. The zero-order valence-electron chi connectivity index (χ0n) is 20.1. The zero-order valence-corrected chi connectivity index (χ0v) is 21.7. The summed E-state index contributed by atoms with van der Waals surface area (Å²) in [5, 5.41) is 9.60. The Kier molecular flexibility index (Phi) is 9.20. The standard InChI is InChI=1S/C30H36BrNO2/c1-32-20-5-9-27(32)19-22-34-28-17-13-25(14-18-28)30(24-11-15-26(31)16-12-24)29(10-6-21-33)23-7-3-2-4-8-23/h2-4,7-8,11,13-18,24,27,33H,5-6,9-10,12,19-22H2,1H3/b30-29-.